The second kappa shape index (κ2) is 7.50. The van der Waals surface area contributed by atoms with Crippen LogP contribution in [0, 0.1) is 18.3 Å². The third-order valence-electron chi connectivity index (χ3n) is 4.49. The van der Waals surface area contributed by atoms with Crippen LogP contribution in [0.2, 0.25) is 0 Å². The molecule has 0 radical (unpaired) electrons. The maximum atomic E-state index is 12.8. The van der Waals surface area contributed by atoms with Gasteiger partial charge in [-0.1, -0.05) is 18.2 Å². The van der Waals surface area contributed by atoms with Crippen LogP contribution in [0.25, 0.3) is 5.65 Å². The summed E-state index contributed by atoms with van der Waals surface area (Å²) in [6, 6.07) is 13.4. The van der Waals surface area contributed by atoms with Crippen LogP contribution in [0.1, 0.15) is 40.6 Å². The second-order valence-electron chi connectivity index (χ2n) is 6.40. The van der Waals surface area contributed by atoms with Crippen LogP contribution in [-0.2, 0) is 4.84 Å². The Hall–Kier alpha value is -3.70. The number of imidazole rings is 1. The Morgan fingerprint density at radius 3 is 3.14 bits per heavy atom. The van der Waals surface area contributed by atoms with Gasteiger partial charge in [0.05, 0.1) is 12.3 Å². The van der Waals surface area contributed by atoms with Gasteiger partial charge < -0.3 is 10.2 Å². The monoisotopic (exact) mass is 374 g/mol. The van der Waals surface area contributed by atoms with E-state index in [0.717, 1.165) is 11.1 Å². The van der Waals surface area contributed by atoms with Gasteiger partial charge in [0, 0.05) is 24.7 Å². The number of carbonyl (C=O) groups is 1. The number of carbonyl (C=O) groups excluding carboxylic acids is 1. The molecule has 1 aromatic carbocycles. The van der Waals surface area contributed by atoms with Gasteiger partial charge in [-0.25, -0.2) is 9.98 Å². The first-order chi connectivity index (χ1) is 13.7. The van der Waals surface area contributed by atoms with Crippen molar-refractivity contribution in [3.8, 4) is 6.07 Å². The first-order valence-corrected chi connectivity index (χ1v) is 8.85. The zero-order valence-corrected chi connectivity index (χ0v) is 15.2. The van der Waals surface area contributed by atoms with Gasteiger partial charge in [-0.15, -0.1) is 5.48 Å². The summed E-state index contributed by atoms with van der Waals surface area (Å²) in [5.74, 6) is 0.260. The summed E-state index contributed by atoms with van der Waals surface area (Å²) >= 11 is 0. The minimum Gasteiger partial charge on any atom is -0.391 e. The topological polar surface area (TPSA) is 104 Å². The molecule has 140 valence electrons. The Bertz CT molecular complexity index is 1110. The number of nitrogens with one attached hydrogen (secondary N) is 2. The van der Waals surface area contributed by atoms with Crippen LogP contribution in [0.4, 0.5) is 5.69 Å². The molecule has 8 heteroatoms. The Morgan fingerprint density at radius 1 is 1.39 bits per heavy atom. The minimum atomic E-state index is -0.374. The summed E-state index contributed by atoms with van der Waals surface area (Å²) in [4.78, 5) is 26.8. The fraction of sp³-hybridized carbons (Fsp3) is 0.200. The van der Waals surface area contributed by atoms with Crippen LogP contribution < -0.4 is 10.8 Å². The van der Waals surface area contributed by atoms with Gasteiger partial charge in [0.25, 0.3) is 5.91 Å². The van der Waals surface area contributed by atoms with Crippen LogP contribution in [0.3, 0.4) is 0 Å². The zero-order valence-electron chi connectivity index (χ0n) is 15.2. The summed E-state index contributed by atoms with van der Waals surface area (Å²) in [5.41, 5.74) is 6.49. The lowest BCUT2D eigenvalue weighted by Gasteiger charge is -2.12. The first kappa shape index (κ1) is 17.7. The van der Waals surface area contributed by atoms with E-state index in [1.807, 2.05) is 43.3 Å². The van der Waals surface area contributed by atoms with Gasteiger partial charge in [-0.2, -0.15) is 5.26 Å². The molecule has 0 fully saturated rings. The highest BCUT2D eigenvalue weighted by Crippen LogP contribution is 2.25. The molecule has 2 aromatic heterocycles. The van der Waals surface area contributed by atoms with Gasteiger partial charge >= 0.3 is 0 Å². The maximum Gasteiger partial charge on any atom is 0.274 e. The molecule has 1 aliphatic heterocycles. The average Bonchev–Trinajstić information content (AvgIpc) is 3.35. The molecule has 1 atom stereocenters. The molecule has 0 bridgehead atoms. The molecule has 2 N–H and O–H groups in total. The third-order valence-corrected chi connectivity index (χ3v) is 4.49. The average molecular weight is 374 g/mol. The predicted octanol–water partition coefficient (Wildman–Crippen LogP) is 3.13. The maximum absolute atomic E-state index is 12.8. The molecule has 1 unspecified atom stereocenters. The van der Waals surface area contributed by atoms with Crippen LogP contribution in [0.5, 0.6) is 0 Å². The zero-order chi connectivity index (χ0) is 19.5. The van der Waals surface area contributed by atoms with Crippen molar-refractivity contribution in [2.45, 2.75) is 25.9 Å². The number of nitriles is 1. The lowest BCUT2D eigenvalue weighted by atomic mass is 10.1. The number of aromatic nitrogens is 2. The number of anilines is 1. The van der Waals surface area contributed by atoms with Crippen LogP contribution in [-0.4, -0.2) is 21.2 Å². The summed E-state index contributed by atoms with van der Waals surface area (Å²) in [6.07, 6.45) is 3.80. The number of fused-ring (bicyclic) bond motifs is 1. The number of nitrogens with zero attached hydrogens (tertiary/aromatic N) is 4. The van der Waals surface area contributed by atoms with Crippen molar-refractivity contribution in [1.82, 2.24) is 14.9 Å². The molecule has 3 heterocycles. The lowest BCUT2D eigenvalue weighted by molar-refractivity contribution is 0.102. The quantitative estimate of drug-likeness (QED) is 0.714. The van der Waals surface area contributed by atoms with E-state index in [9.17, 15) is 4.79 Å². The smallest absolute Gasteiger partial charge is 0.274 e. The van der Waals surface area contributed by atoms with E-state index in [0.29, 0.717) is 35.8 Å². The van der Waals surface area contributed by atoms with E-state index >= 15 is 0 Å². The summed E-state index contributed by atoms with van der Waals surface area (Å²) in [6.45, 7) is 1.92. The van der Waals surface area contributed by atoms with Gasteiger partial charge in [0.15, 0.2) is 6.17 Å². The van der Waals surface area contributed by atoms with E-state index < -0.39 is 0 Å². The molecule has 28 heavy (non-hydrogen) atoms. The summed E-state index contributed by atoms with van der Waals surface area (Å²) in [7, 11) is 0. The molecule has 1 amide bonds. The number of aliphatic imine (C=N–C) groups is 1. The molecule has 8 nitrogen and oxygen atoms in total. The molecule has 4 rings (SSSR count). The van der Waals surface area contributed by atoms with Gasteiger partial charge in [0.2, 0.25) is 5.90 Å². The van der Waals surface area contributed by atoms with Gasteiger partial charge in [0.1, 0.15) is 11.3 Å². The molecule has 0 saturated carbocycles. The normalized spacial score (nSPS) is 15.7. The largest absolute Gasteiger partial charge is 0.391 e. The van der Waals surface area contributed by atoms with E-state index in [2.05, 4.69) is 26.8 Å². The molecule has 0 spiro atoms. The standard InChI is InChI=1S/C20H18N6O2/c1-13-7-8-14(19-24-18(28-25-19)6-4-9-21)11-15(13)23-20(27)16-12-22-17-5-2-3-10-26(16)17/h2-3,5,7-8,10-12,19,25H,4,6H2,1H3,(H,23,27). The first-order valence-electron chi connectivity index (χ1n) is 8.85. The van der Waals surface area contributed by atoms with Crippen molar-refractivity contribution in [2.24, 2.45) is 4.99 Å². The number of aryl methyl sites for hydroxylation is 1. The Balaban J connectivity index is 1.56. The van der Waals surface area contributed by atoms with Crippen LogP contribution >= 0.6 is 0 Å². The Kier molecular flexibility index (Phi) is 4.74. The van der Waals surface area contributed by atoms with Crippen molar-refractivity contribution in [3.05, 3.63) is 65.6 Å². The minimum absolute atomic E-state index is 0.243. The van der Waals surface area contributed by atoms with E-state index in [-0.39, 0.29) is 12.1 Å². The third kappa shape index (κ3) is 3.43. The SMILES string of the molecule is Cc1ccc(C2N=C(CCC#N)ON2)cc1NC(=O)c1cnc2ccccn12. The summed E-state index contributed by atoms with van der Waals surface area (Å²) in [5, 5.41) is 11.6. The van der Waals surface area contributed by atoms with Gasteiger partial charge in [-0.05, 0) is 36.2 Å². The van der Waals surface area contributed by atoms with E-state index in [1.165, 1.54) is 0 Å². The Morgan fingerprint density at radius 2 is 2.29 bits per heavy atom. The molecule has 0 aliphatic carbocycles. The number of benzene rings is 1. The van der Waals surface area contributed by atoms with Crippen LogP contribution in [0.15, 0.2) is 53.8 Å². The predicted molar refractivity (Wildman–Crippen MR) is 104 cm³/mol. The number of pyridine rings is 1. The molecule has 1 aliphatic rings. The fourth-order valence-electron chi connectivity index (χ4n) is 2.97. The molecule has 3 aromatic rings. The van der Waals surface area contributed by atoms with E-state index in [1.54, 1.807) is 16.8 Å². The van der Waals surface area contributed by atoms with Crippen molar-refractivity contribution in [1.29, 1.82) is 5.26 Å². The molecule has 0 saturated heterocycles. The number of hydroxylamine groups is 1. The van der Waals surface area contributed by atoms with E-state index in [4.69, 9.17) is 10.1 Å². The highest BCUT2D eigenvalue weighted by molar-refractivity contribution is 6.04. The fourth-order valence-corrected chi connectivity index (χ4v) is 2.97. The van der Waals surface area contributed by atoms with Crippen molar-refractivity contribution < 1.29 is 9.63 Å². The van der Waals surface area contributed by atoms with Gasteiger partial charge in [-0.3, -0.25) is 9.20 Å². The highest BCUT2D eigenvalue weighted by atomic mass is 16.7. The highest BCUT2D eigenvalue weighted by Gasteiger charge is 2.21. The molecular formula is C20H18N6O2. The second-order valence-corrected chi connectivity index (χ2v) is 6.40. The van der Waals surface area contributed by atoms with Crippen molar-refractivity contribution in [2.75, 3.05) is 5.32 Å². The molecular weight excluding hydrogens is 356 g/mol. The van der Waals surface area contributed by atoms with Crippen molar-refractivity contribution in [3.63, 3.8) is 0 Å². The number of hydrogen-bond acceptors (Lipinski definition) is 6. The lowest BCUT2D eigenvalue weighted by Crippen LogP contribution is -2.17. The number of rotatable bonds is 5. The number of amides is 1. The Labute approximate surface area is 161 Å². The summed E-state index contributed by atoms with van der Waals surface area (Å²) < 4.78 is 1.74. The van der Waals surface area contributed by atoms with Crippen molar-refractivity contribution >= 4 is 23.1 Å². The number of hydrogen-bond donors (Lipinski definition) is 2.